The molecule has 4 amide bonds. The molecule has 1 aliphatic carbocycles. The van der Waals surface area contributed by atoms with Crippen LogP contribution in [0.2, 0.25) is 0 Å². The smallest absolute Gasteiger partial charge is 0.407 e. The molecule has 0 spiro atoms. The quantitative estimate of drug-likeness (QED) is 0.0944. The van der Waals surface area contributed by atoms with E-state index in [0.29, 0.717) is 0 Å². The van der Waals surface area contributed by atoms with Crippen molar-refractivity contribution in [1.29, 1.82) is 0 Å². The molecule has 0 radical (unpaired) electrons. The number of fused-ring (bicyclic) bond motifs is 3. The molecular weight excluding hydrogens is 748 g/mol. The van der Waals surface area contributed by atoms with Gasteiger partial charge in [0.15, 0.2) is 0 Å². The molecular formula is C43H60N4O11. The van der Waals surface area contributed by atoms with Gasteiger partial charge in [-0.15, -0.1) is 0 Å². The lowest BCUT2D eigenvalue weighted by Gasteiger charge is -2.33. The fraction of sp³-hybridized carbons (Fsp3) is 0.535. The van der Waals surface area contributed by atoms with Crippen molar-refractivity contribution in [1.82, 2.24) is 21.3 Å². The predicted octanol–water partition coefficient (Wildman–Crippen LogP) is 4.46. The summed E-state index contributed by atoms with van der Waals surface area (Å²) >= 11 is 0. The molecule has 15 nitrogen and oxygen atoms in total. The lowest BCUT2D eigenvalue weighted by molar-refractivity contribution is -0.147. The van der Waals surface area contributed by atoms with Crippen molar-refractivity contribution in [3.05, 3.63) is 71.8 Å². The zero-order valence-electron chi connectivity index (χ0n) is 35.4. The van der Waals surface area contributed by atoms with Gasteiger partial charge in [-0.1, -0.05) is 60.7 Å². The van der Waals surface area contributed by atoms with E-state index in [2.05, 4.69) is 26.0 Å². The fourth-order valence-electron chi connectivity index (χ4n) is 6.57. The van der Waals surface area contributed by atoms with Crippen LogP contribution >= 0.6 is 0 Å². The molecule has 0 aromatic heterocycles. The monoisotopic (exact) mass is 808 g/mol. The maximum atomic E-state index is 13.9. The number of carbonyl (C=O) groups excluding carboxylic acids is 6. The standard InChI is InChI=1S/C43H60N4O11/c1-25(37(49)46-35(26(2)57-42(4,5)6)39(51)45-33(40(52)55-11)22-16-17-23-34(48)54-10)44-38(50)36(27(3)58-43(7,8)9)47-41(53)56-24-32-30-20-14-12-18-28(30)29-19-13-15-21-31(29)32/h12-21,25-27,32-33,35-36H,22-24H2,1-11H3,(H,44,50)(H,45,51)(H,46,49)(H,47,53)/b17-16+. The van der Waals surface area contributed by atoms with E-state index in [9.17, 15) is 28.8 Å². The first kappa shape index (κ1) is 47.1. The van der Waals surface area contributed by atoms with E-state index in [1.165, 1.54) is 26.2 Å². The highest BCUT2D eigenvalue weighted by Gasteiger charge is 2.37. The molecule has 3 rings (SSSR count). The molecule has 318 valence electrons. The molecule has 58 heavy (non-hydrogen) atoms. The Kier molecular flexibility index (Phi) is 17.0. The molecule has 0 aliphatic heterocycles. The maximum absolute atomic E-state index is 13.9. The zero-order valence-corrected chi connectivity index (χ0v) is 35.4. The normalized spacial score (nSPS) is 15.7. The molecule has 2 aromatic carbocycles. The van der Waals surface area contributed by atoms with E-state index in [4.69, 9.17) is 18.9 Å². The fourth-order valence-corrected chi connectivity index (χ4v) is 6.57. The molecule has 6 unspecified atom stereocenters. The molecule has 0 saturated heterocycles. The van der Waals surface area contributed by atoms with E-state index >= 15 is 0 Å². The average molecular weight is 809 g/mol. The molecule has 6 atom stereocenters. The molecule has 0 bridgehead atoms. The Morgan fingerprint density at radius 3 is 1.66 bits per heavy atom. The third-order valence-corrected chi connectivity index (χ3v) is 9.10. The highest BCUT2D eigenvalue weighted by molar-refractivity contribution is 5.95. The lowest BCUT2D eigenvalue weighted by atomic mass is 9.98. The second-order valence-electron chi connectivity index (χ2n) is 16.1. The SMILES string of the molecule is COC(=O)C/C=C/CC(NC(=O)C(NC(=O)C(C)NC(=O)C(NC(=O)OCC1c2ccccc2-c2ccccc21)C(C)OC(C)(C)C)C(C)OC(C)(C)C)C(=O)OC. The van der Waals surface area contributed by atoms with Crippen molar-refractivity contribution in [3.63, 3.8) is 0 Å². The highest BCUT2D eigenvalue weighted by Crippen LogP contribution is 2.44. The summed E-state index contributed by atoms with van der Waals surface area (Å²) in [5.74, 6) is -3.71. The van der Waals surface area contributed by atoms with Crippen LogP contribution in [-0.2, 0) is 47.7 Å². The van der Waals surface area contributed by atoms with Gasteiger partial charge >= 0.3 is 18.0 Å². The Labute approximate surface area is 341 Å². The van der Waals surface area contributed by atoms with Crippen LogP contribution in [0, 0.1) is 0 Å². The van der Waals surface area contributed by atoms with Gasteiger partial charge in [0, 0.05) is 5.92 Å². The Morgan fingerprint density at radius 1 is 0.655 bits per heavy atom. The van der Waals surface area contributed by atoms with E-state index in [0.717, 1.165) is 29.4 Å². The minimum atomic E-state index is -1.34. The van der Waals surface area contributed by atoms with Gasteiger partial charge in [0.2, 0.25) is 17.7 Å². The van der Waals surface area contributed by atoms with Crippen LogP contribution in [-0.4, -0.2) is 104 Å². The number of alkyl carbamates (subject to hydrolysis) is 1. The van der Waals surface area contributed by atoms with E-state index in [1.807, 2.05) is 48.5 Å². The van der Waals surface area contributed by atoms with Crippen LogP contribution in [0.4, 0.5) is 4.79 Å². The predicted molar refractivity (Wildman–Crippen MR) is 216 cm³/mol. The third kappa shape index (κ3) is 14.0. The van der Waals surface area contributed by atoms with Gasteiger partial charge in [0.1, 0.15) is 30.8 Å². The number of hydrogen-bond donors (Lipinski definition) is 4. The first-order chi connectivity index (χ1) is 27.1. The summed E-state index contributed by atoms with van der Waals surface area (Å²) in [7, 11) is 2.41. The molecule has 4 N–H and O–H groups in total. The number of nitrogens with one attached hydrogen (secondary N) is 4. The lowest BCUT2D eigenvalue weighted by Crippen LogP contribution is -2.61. The second kappa shape index (κ2) is 20.9. The van der Waals surface area contributed by atoms with E-state index in [1.54, 1.807) is 55.4 Å². The Bertz CT molecular complexity index is 1750. The zero-order chi connectivity index (χ0) is 43.4. The average Bonchev–Trinajstić information content (AvgIpc) is 3.47. The van der Waals surface area contributed by atoms with Crippen molar-refractivity contribution in [2.75, 3.05) is 20.8 Å². The number of methoxy groups -OCH3 is 2. The first-order valence-corrected chi connectivity index (χ1v) is 19.3. The van der Waals surface area contributed by atoms with Crippen molar-refractivity contribution < 1.29 is 52.5 Å². The summed E-state index contributed by atoms with van der Waals surface area (Å²) < 4.78 is 27.3. The van der Waals surface area contributed by atoms with Crippen molar-refractivity contribution >= 4 is 35.8 Å². The van der Waals surface area contributed by atoms with Crippen LogP contribution in [0.5, 0.6) is 0 Å². The van der Waals surface area contributed by atoms with E-state index in [-0.39, 0.29) is 25.4 Å². The molecule has 15 heteroatoms. The molecule has 0 heterocycles. The summed E-state index contributed by atoms with van der Waals surface area (Å²) in [6.45, 7) is 15.4. The molecule has 0 fully saturated rings. The van der Waals surface area contributed by atoms with Gasteiger partial charge in [0.05, 0.1) is 44.1 Å². The van der Waals surface area contributed by atoms with Gasteiger partial charge in [0.25, 0.3) is 0 Å². The summed E-state index contributed by atoms with van der Waals surface area (Å²) in [6.07, 6.45) is 0.315. The largest absolute Gasteiger partial charge is 0.469 e. The number of rotatable bonds is 18. The summed E-state index contributed by atoms with van der Waals surface area (Å²) in [5.41, 5.74) is 2.75. The van der Waals surface area contributed by atoms with Crippen LogP contribution < -0.4 is 21.3 Å². The Balaban J connectivity index is 1.76. The van der Waals surface area contributed by atoms with Gasteiger partial charge in [-0.3, -0.25) is 19.2 Å². The van der Waals surface area contributed by atoms with Crippen LogP contribution in [0.25, 0.3) is 11.1 Å². The Hall–Kier alpha value is -5.28. The van der Waals surface area contributed by atoms with Crippen LogP contribution in [0.3, 0.4) is 0 Å². The van der Waals surface area contributed by atoms with Crippen LogP contribution in [0.1, 0.15) is 92.2 Å². The number of carbonyl (C=O) groups is 6. The third-order valence-electron chi connectivity index (χ3n) is 9.10. The van der Waals surface area contributed by atoms with Crippen molar-refractivity contribution in [2.45, 2.75) is 129 Å². The summed E-state index contributed by atoms with van der Waals surface area (Å²) in [5, 5.41) is 10.5. The summed E-state index contributed by atoms with van der Waals surface area (Å²) in [4.78, 5) is 78.7. The molecule has 2 aromatic rings. The Morgan fingerprint density at radius 2 is 1.16 bits per heavy atom. The second-order valence-corrected chi connectivity index (χ2v) is 16.1. The van der Waals surface area contributed by atoms with Gasteiger partial charge in [-0.25, -0.2) is 9.59 Å². The number of benzene rings is 2. The van der Waals surface area contributed by atoms with E-state index < -0.39 is 83.3 Å². The topological polar surface area (TPSA) is 197 Å². The van der Waals surface area contributed by atoms with Gasteiger partial charge in [-0.05, 0) is 91.0 Å². The summed E-state index contributed by atoms with van der Waals surface area (Å²) in [6, 6.07) is 10.8. The minimum Gasteiger partial charge on any atom is -0.469 e. The van der Waals surface area contributed by atoms with Crippen molar-refractivity contribution in [3.8, 4) is 11.1 Å². The van der Waals surface area contributed by atoms with Gasteiger partial charge < -0.3 is 45.0 Å². The minimum absolute atomic E-state index is 0.0143. The highest BCUT2D eigenvalue weighted by atomic mass is 16.6. The van der Waals surface area contributed by atoms with Gasteiger partial charge in [-0.2, -0.15) is 0 Å². The number of amides is 4. The molecule has 0 saturated carbocycles. The van der Waals surface area contributed by atoms with Crippen LogP contribution in [0.15, 0.2) is 60.7 Å². The number of esters is 2. The number of hydrogen-bond acceptors (Lipinski definition) is 11. The number of ether oxygens (including phenoxy) is 5. The van der Waals surface area contributed by atoms with Crippen molar-refractivity contribution in [2.24, 2.45) is 0 Å². The molecule has 1 aliphatic rings. The maximum Gasteiger partial charge on any atom is 0.407 e. The first-order valence-electron chi connectivity index (χ1n) is 19.3.